The standard InChI is InChI=1S/C13H12ClN3O2S/c1-8(11(18)17-13-15-6-7-20-13)16-12(19)9-2-4-10(14)5-3-9/h2-8H,1H3,(H,16,19)(H,15,17,18). The van der Waals surface area contributed by atoms with E-state index in [0.29, 0.717) is 15.7 Å². The van der Waals surface area contributed by atoms with Gasteiger partial charge < -0.3 is 10.6 Å². The van der Waals surface area contributed by atoms with Crippen molar-refractivity contribution in [2.24, 2.45) is 0 Å². The molecule has 1 heterocycles. The zero-order chi connectivity index (χ0) is 14.5. The second kappa shape index (κ2) is 6.49. The van der Waals surface area contributed by atoms with Crippen LogP contribution in [-0.4, -0.2) is 22.8 Å². The van der Waals surface area contributed by atoms with Gasteiger partial charge in [0.15, 0.2) is 5.13 Å². The molecule has 0 saturated heterocycles. The molecule has 1 unspecified atom stereocenters. The molecule has 0 bridgehead atoms. The van der Waals surface area contributed by atoms with E-state index in [9.17, 15) is 9.59 Å². The fourth-order valence-electron chi connectivity index (χ4n) is 1.45. The first kappa shape index (κ1) is 14.5. The van der Waals surface area contributed by atoms with E-state index in [1.165, 1.54) is 11.3 Å². The monoisotopic (exact) mass is 309 g/mol. The van der Waals surface area contributed by atoms with Crippen LogP contribution in [0.1, 0.15) is 17.3 Å². The van der Waals surface area contributed by atoms with Gasteiger partial charge in [-0.1, -0.05) is 11.6 Å². The Balaban J connectivity index is 1.93. The van der Waals surface area contributed by atoms with Crippen LogP contribution in [-0.2, 0) is 4.79 Å². The summed E-state index contributed by atoms with van der Waals surface area (Å²) in [5, 5.41) is 8.04. The van der Waals surface area contributed by atoms with Gasteiger partial charge in [-0.25, -0.2) is 4.98 Å². The minimum atomic E-state index is -0.665. The van der Waals surface area contributed by atoms with E-state index in [0.717, 1.165) is 0 Å². The third-order valence-corrected chi connectivity index (χ3v) is 3.45. The first-order valence-electron chi connectivity index (χ1n) is 5.83. The lowest BCUT2D eigenvalue weighted by molar-refractivity contribution is -0.117. The average molecular weight is 310 g/mol. The summed E-state index contributed by atoms with van der Waals surface area (Å²) in [6, 6.07) is 5.78. The van der Waals surface area contributed by atoms with Crippen LogP contribution in [0.2, 0.25) is 5.02 Å². The molecule has 1 aromatic heterocycles. The summed E-state index contributed by atoms with van der Waals surface area (Å²) >= 11 is 7.07. The number of halogens is 1. The lowest BCUT2D eigenvalue weighted by atomic mass is 10.2. The van der Waals surface area contributed by atoms with Gasteiger partial charge in [0.05, 0.1) is 0 Å². The lowest BCUT2D eigenvalue weighted by Gasteiger charge is -2.13. The number of benzene rings is 1. The Morgan fingerprint density at radius 3 is 2.60 bits per heavy atom. The average Bonchev–Trinajstić information content (AvgIpc) is 2.92. The van der Waals surface area contributed by atoms with Crippen LogP contribution in [0.4, 0.5) is 5.13 Å². The van der Waals surface area contributed by atoms with Crippen LogP contribution in [0.15, 0.2) is 35.8 Å². The number of rotatable bonds is 4. The predicted molar refractivity (Wildman–Crippen MR) is 79.1 cm³/mol. The molecule has 2 aromatic rings. The minimum absolute atomic E-state index is 0.317. The molecule has 0 aliphatic rings. The normalized spacial score (nSPS) is 11.7. The van der Waals surface area contributed by atoms with Gasteiger partial charge in [0.25, 0.3) is 5.91 Å². The van der Waals surface area contributed by atoms with Crippen molar-refractivity contribution in [2.75, 3.05) is 5.32 Å². The number of nitrogens with zero attached hydrogens (tertiary/aromatic N) is 1. The number of hydrogen-bond donors (Lipinski definition) is 2. The van der Waals surface area contributed by atoms with Gasteiger partial charge in [-0.3, -0.25) is 9.59 Å². The SMILES string of the molecule is CC(NC(=O)c1ccc(Cl)cc1)C(=O)Nc1nccs1. The third kappa shape index (κ3) is 3.79. The van der Waals surface area contributed by atoms with E-state index in [2.05, 4.69) is 15.6 Å². The maximum Gasteiger partial charge on any atom is 0.251 e. The fourth-order valence-corrected chi connectivity index (χ4v) is 2.10. The molecule has 104 valence electrons. The molecule has 20 heavy (non-hydrogen) atoms. The summed E-state index contributed by atoms with van der Waals surface area (Å²) < 4.78 is 0. The van der Waals surface area contributed by atoms with Gasteiger partial charge in [0.2, 0.25) is 5.91 Å². The Hall–Kier alpha value is -1.92. The highest BCUT2D eigenvalue weighted by molar-refractivity contribution is 7.13. The van der Waals surface area contributed by atoms with Crippen LogP contribution in [0.3, 0.4) is 0 Å². The molecule has 1 atom stereocenters. The first-order chi connectivity index (χ1) is 9.56. The van der Waals surface area contributed by atoms with Crippen molar-refractivity contribution >= 4 is 39.9 Å². The highest BCUT2D eigenvalue weighted by Crippen LogP contribution is 2.11. The summed E-state index contributed by atoms with van der Waals surface area (Å²) in [5.74, 6) is -0.647. The first-order valence-corrected chi connectivity index (χ1v) is 7.09. The van der Waals surface area contributed by atoms with Crippen LogP contribution in [0, 0.1) is 0 Å². The van der Waals surface area contributed by atoms with E-state index in [1.807, 2.05) is 0 Å². The van der Waals surface area contributed by atoms with Crippen molar-refractivity contribution in [2.45, 2.75) is 13.0 Å². The molecule has 0 radical (unpaired) electrons. The summed E-state index contributed by atoms with van der Waals surface area (Å²) in [6.07, 6.45) is 1.59. The summed E-state index contributed by atoms with van der Waals surface area (Å²) in [4.78, 5) is 27.7. The van der Waals surface area contributed by atoms with E-state index >= 15 is 0 Å². The van der Waals surface area contributed by atoms with E-state index in [-0.39, 0.29) is 11.8 Å². The van der Waals surface area contributed by atoms with Gasteiger partial charge in [-0.2, -0.15) is 0 Å². The number of nitrogens with one attached hydrogen (secondary N) is 2. The summed E-state index contributed by atoms with van der Waals surface area (Å²) in [7, 11) is 0. The van der Waals surface area contributed by atoms with Crippen molar-refractivity contribution in [3.05, 3.63) is 46.4 Å². The number of anilines is 1. The van der Waals surface area contributed by atoms with Gasteiger partial charge in [0, 0.05) is 22.2 Å². The molecule has 2 amide bonds. The second-order valence-electron chi connectivity index (χ2n) is 4.03. The van der Waals surface area contributed by atoms with Gasteiger partial charge in [-0.05, 0) is 31.2 Å². The fraction of sp³-hybridized carbons (Fsp3) is 0.154. The Labute approximate surface area is 125 Å². The summed E-state index contributed by atoms with van der Waals surface area (Å²) in [5.41, 5.74) is 0.447. The number of hydrogen-bond acceptors (Lipinski definition) is 4. The van der Waals surface area contributed by atoms with Crippen LogP contribution in [0.25, 0.3) is 0 Å². The highest BCUT2D eigenvalue weighted by Gasteiger charge is 2.17. The second-order valence-corrected chi connectivity index (χ2v) is 5.36. The zero-order valence-corrected chi connectivity index (χ0v) is 12.2. The number of thiazole rings is 1. The Morgan fingerprint density at radius 2 is 2.00 bits per heavy atom. The number of aromatic nitrogens is 1. The number of amides is 2. The van der Waals surface area contributed by atoms with E-state index in [4.69, 9.17) is 11.6 Å². The van der Waals surface area contributed by atoms with E-state index in [1.54, 1.807) is 42.8 Å². The predicted octanol–water partition coefficient (Wildman–Crippen LogP) is 2.55. The molecule has 0 saturated carbocycles. The van der Waals surface area contributed by atoms with Gasteiger partial charge >= 0.3 is 0 Å². The zero-order valence-electron chi connectivity index (χ0n) is 10.6. The Kier molecular flexibility index (Phi) is 4.70. The maximum atomic E-state index is 11.9. The molecule has 1 aromatic carbocycles. The molecule has 0 fully saturated rings. The smallest absolute Gasteiger partial charge is 0.251 e. The number of carbonyl (C=O) groups is 2. The molecule has 2 rings (SSSR count). The molecule has 0 aliphatic carbocycles. The highest BCUT2D eigenvalue weighted by atomic mass is 35.5. The Morgan fingerprint density at radius 1 is 1.30 bits per heavy atom. The Bertz CT molecular complexity index is 599. The molecule has 0 aliphatic heterocycles. The van der Waals surface area contributed by atoms with Crippen molar-refractivity contribution in [3.8, 4) is 0 Å². The lowest BCUT2D eigenvalue weighted by Crippen LogP contribution is -2.41. The van der Waals surface area contributed by atoms with E-state index < -0.39 is 6.04 Å². The van der Waals surface area contributed by atoms with Gasteiger partial charge in [0.1, 0.15) is 6.04 Å². The van der Waals surface area contributed by atoms with Crippen molar-refractivity contribution in [1.29, 1.82) is 0 Å². The van der Waals surface area contributed by atoms with Crippen molar-refractivity contribution in [3.63, 3.8) is 0 Å². The minimum Gasteiger partial charge on any atom is -0.341 e. The van der Waals surface area contributed by atoms with Crippen molar-refractivity contribution in [1.82, 2.24) is 10.3 Å². The molecule has 7 heteroatoms. The quantitative estimate of drug-likeness (QED) is 0.911. The molecular weight excluding hydrogens is 298 g/mol. The molecular formula is C13H12ClN3O2S. The summed E-state index contributed by atoms with van der Waals surface area (Å²) in [6.45, 7) is 1.61. The molecule has 0 spiro atoms. The maximum absolute atomic E-state index is 11.9. The topological polar surface area (TPSA) is 71.1 Å². The van der Waals surface area contributed by atoms with Crippen LogP contribution < -0.4 is 10.6 Å². The number of carbonyl (C=O) groups excluding carboxylic acids is 2. The van der Waals surface area contributed by atoms with Gasteiger partial charge in [-0.15, -0.1) is 11.3 Å². The van der Waals surface area contributed by atoms with Crippen molar-refractivity contribution < 1.29 is 9.59 Å². The largest absolute Gasteiger partial charge is 0.341 e. The third-order valence-electron chi connectivity index (χ3n) is 2.51. The molecule has 2 N–H and O–H groups in total. The van der Waals surface area contributed by atoms with Crippen LogP contribution >= 0.6 is 22.9 Å². The molecule has 5 nitrogen and oxygen atoms in total. The van der Waals surface area contributed by atoms with Crippen LogP contribution in [0.5, 0.6) is 0 Å².